The lowest BCUT2D eigenvalue weighted by molar-refractivity contribution is -0.385. The zero-order valence-corrected chi connectivity index (χ0v) is 16.8. The molecule has 3 rings (SSSR count). The predicted molar refractivity (Wildman–Crippen MR) is 106 cm³/mol. The van der Waals surface area contributed by atoms with Crippen molar-refractivity contribution in [2.24, 2.45) is 0 Å². The van der Waals surface area contributed by atoms with Crippen molar-refractivity contribution in [3.05, 3.63) is 63.7 Å². The van der Waals surface area contributed by atoms with Crippen LogP contribution in [0.4, 0.5) is 20.2 Å². The number of imide groups is 1. The van der Waals surface area contributed by atoms with Gasteiger partial charge in [0.2, 0.25) is 0 Å². The van der Waals surface area contributed by atoms with E-state index in [0.29, 0.717) is 4.90 Å². The van der Waals surface area contributed by atoms with E-state index in [1.165, 1.54) is 36.4 Å². The molecule has 0 unspecified atom stereocenters. The lowest BCUT2D eigenvalue weighted by Crippen LogP contribution is -2.36. The number of fused-ring (bicyclic) bond motifs is 1. The number of para-hydroxylation sites is 1. The van der Waals surface area contributed by atoms with Crippen molar-refractivity contribution in [3.63, 3.8) is 0 Å². The van der Waals surface area contributed by atoms with Crippen LogP contribution in [0, 0.1) is 10.1 Å². The van der Waals surface area contributed by atoms with Crippen LogP contribution in [0.2, 0.25) is 0 Å². The minimum Gasteiger partial charge on any atom is -0.454 e. The number of esters is 1. The zero-order valence-electron chi connectivity index (χ0n) is 15.9. The van der Waals surface area contributed by atoms with Crippen molar-refractivity contribution in [1.82, 2.24) is 4.90 Å². The Balaban J connectivity index is 1.60. The lowest BCUT2D eigenvalue weighted by Gasteiger charge is -2.13. The minimum atomic E-state index is -2.71. The van der Waals surface area contributed by atoms with Crippen molar-refractivity contribution in [2.45, 2.75) is 10.7 Å². The highest BCUT2D eigenvalue weighted by atomic mass is 32.2. The van der Waals surface area contributed by atoms with Crippen LogP contribution in [-0.2, 0) is 14.3 Å². The Labute approximate surface area is 182 Å². The smallest absolute Gasteiger partial charge is 0.326 e. The maximum atomic E-state index is 12.6. The van der Waals surface area contributed by atoms with Crippen LogP contribution < -0.4 is 5.32 Å². The number of benzene rings is 2. The van der Waals surface area contributed by atoms with E-state index < -0.39 is 58.8 Å². The summed E-state index contributed by atoms with van der Waals surface area (Å²) in [6, 6.07) is 9.29. The minimum absolute atomic E-state index is 0.0894. The highest BCUT2D eigenvalue weighted by Crippen LogP contribution is 2.32. The molecule has 1 aliphatic rings. The summed E-state index contributed by atoms with van der Waals surface area (Å²) < 4.78 is 29.9. The van der Waals surface area contributed by atoms with Crippen LogP contribution in [0.3, 0.4) is 0 Å². The molecule has 13 heteroatoms. The van der Waals surface area contributed by atoms with Gasteiger partial charge < -0.3 is 10.1 Å². The number of nitro benzene ring substituents is 1. The number of thioether (sulfide) groups is 1. The second kappa shape index (κ2) is 9.51. The molecule has 2 aromatic rings. The Morgan fingerprint density at radius 1 is 1.12 bits per heavy atom. The molecule has 0 aliphatic carbocycles. The molecule has 0 spiro atoms. The van der Waals surface area contributed by atoms with Crippen LogP contribution in [0.25, 0.3) is 0 Å². The second-order valence-electron chi connectivity index (χ2n) is 6.24. The van der Waals surface area contributed by atoms with Crippen LogP contribution in [-0.4, -0.2) is 52.4 Å². The van der Waals surface area contributed by atoms with Gasteiger partial charge in [-0.2, -0.15) is 8.78 Å². The van der Waals surface area contributed by atoms with Crippen molar-refractivity contribution >= 4 is 46.8 Å². The molecule has 1 N–H and O–H groups in total. The number of alkyl halides is 2. The zero-order chi connectivity index (χ0) is 23.4. The Hall–Kier alpha value is -3.87. The van der Waals surface area contributed by atoms with Gasteiger partial charge in [-0.25, -0.2) is 0 Å². The summed E-state index contributed by atoms with van der Waals surface area (Å²) in [5.74, 6) is -6.60. The molecule has 0 bridgehead atoms. The summed E-state index contributed by atoms with van der Waals surface area (Å²) in [7, 11) is 0. The molecule has 3 amide bonds. The number of halogens is 2. The van der Waals surface area contributed by atoms with Gasteiger partial charge in [0.25, 0.3) is 29.2 Å². The number of rotatable bonds is 8. The average Bonchev–Trinajstić information content (AvgIpc) is 2.98. The Morgan fingerprint density at radius 2 is 1.84 bits per heavy atom. The van der Waals surface area contributed by atoms with Crippen molar-refractivity contribution < 1.29 is 37.6 Å². The molecule has 0 saturated carbocycles. The SMILES string of the molecule is O=C(COC(=O)CN1C(=O)c2cccc([N+](=O)[O-])c2C1=O)Nc1ccccc1SC(F)F. The summed E-state index contributed by atoms with van der Waals surface area (Å²) in [6.45, 7) is -1.68. The first-order chi connectivity index (χ1) is 15.2. The maximum absolute atomic E-state index is 12.6. The van der Waals surface area contributed by atoms with Crippen molar-refractivity contribution in [1.29, 1.82) is 0 Å². The molecule has 0 saturated heterocycles. The van der Waals surface area contributed by atoms with E-state index in [2.05, 4.69) is 5.32 Å². The molecular formula is C19H13F2N3O7S. The molecule has 0 radical (unpaired) electrons. The summed E-state index contributed by atoms with van der Waals surface area (Å²) >= 11 is 0.225. The number of carbonyl (C=O) groups is 4. The molecule has 0 atom stereocenters. The number of carbonyl (C=O) groups excluding carboxylic acids is 4. The van der Waals surface area contributed by atoms with Gasteiger partial charge in [0, 0.05) is 11.0 Å². The Kier molecular flexibility index (Phi) is 6.78. The molecule has 32 heavy (non-hydrogen) atoms. The fourth-order valence-electron chi connectivity index (χ4n) is 2.89. The van der Waals surface area contributed by atoms with E-state index in [0.717, 1.165) is 6.07 Å². The van der Waals surface area contributed by atoms with E-state index in [-0.39, 0.29) is 27.9 Å². The quantitative estimate of drug-likeness (QED) is 0.207. The normalized spacial score (nSPS) is 12.7. The fourth-order valence-corrected chi connectivity index (χ4v) is 3.48. The van der Waals surface area contributed by atoms with Gasteiger partial charge in [0.05, 0.1) is 16.2 Å². The maximum Gasteiger partial charge on any atom is 0.326 e. The number of nitrogens with one attached hydrogen (secondary N) is 1. The third-order valence-corrected chi connectivity index (χ3v) is 4.99. The molecule has 10 nitrogen and oxygen atoms in total. The molecule has 1 heterocycles. The highest BCUT2D eigenvalue weighted by molar-refractivity contribution is 7.99. The van der Waals surface area contributed by atoms with Gasteiger partial charge in [-0.15, -0.1) is 0 Å². The third-order valence-electron chi connectivity index (χ3n) is 4.20. The van der Waals surface area contributed by atoms with Gasteiger partial charge >= 0.3 is 5.97 Å². The first-order valence-electron chi connectivity index (χ1n) is 8.82. The number of nitrogens with zero attached hydrogens (tertiary/aromatic N) is 2. The van der Waals surface area contributed by atoms with E-state index >= 15 is 0 Å². The Bertz CT molecular complexity index is 1130. The number of amides is 3. The van der Waals surface area contributed by atoms with Gasteiger partial charge in [0.1, 0.15) is 12.1 Å². The summed E-state index contributed by atoms with van der Waals surface area (Å²) in [5.41, 5.74) is -1.13. The molecule has 0 fully saturated rings. The van der Waals surface area contributed by atoms with Crippen LogP contribution in [0.1, 0.15) is 20.7 Å². The predicted octanol–water partition coefficient (Wildman–Crippen LogP) is 2.69. The topological polar surface area (TPSA) is 136 Å². The van der Waals surface area contributed by atoms with Crippen LogP contribution in [0.15, 0.2) is 47.4 Å². The number of nitro groups is 1. The number of hydrogen-bond acceptors (Lipinski definition) is 8. The molecular weight excluding hydrogens is 452 g/mol. The van der Waals surface area contributed by atoms with E-state index in [4.69, 9.17) is 4.74 Å². The third kappa shape index (κ3) is 4.88. The van der Waals surface area contributed by atoms with Crippen LogP contribution in [0.5, 0.6) is 0 Å². The fraction of sp³-hybridized carbons (Fsp3) is 0.158. The molecule has 2 aromatic carbocycles. The first kappa shape index (κ1) is 22.8. The van der Waals surface area contributed by atoms with Crippen LogP contribution >= 0.6 is 11.8 Å². The van der Waals surface area contributed by atoms with Gasteiger partial charge in [0.15, 0.2) is 6.61 Å². The second-order valence-corrected chi connectivity index (χ2v) is 7.27. The summed E-state index contributed by atoms with van der Waals surface area (Å²) in [5, 5.41) is 13.4. The molecule has 1 aliphatic heterocycles. The molecule has 0 aromatic heterocycles. The van der Waals surface area contributed by atoms with Crippen molar-refractivity contribution in [3.8, 4) is 0 Å². The van der Waals surface area contributed by atoms with E-state index in [1.54, 1.807) is 0 Å². The van der Waals surface area contributed by atoms with E-state index in [1.807, 2.05) is 0 Å². The average molecular weight is 465 g/mol. The monoisotopic (exact) mass is 465 g/mol. The van der Waals surface area contributed by atoms with Gasteiger partial charge in [-0.05, 0) is 18.2 Å². The van der Waals surface area contributed by atoms with Gasteiger partial charge in [-0.3, -0.25) is 34.2 Å². The number of ether oxygens (including phenoxy) is 1. The largest absolute Gasteiger partial charge is 0.454 e. The highest BCUT2D eigenvalue weighted by Gasteiger charge is 2.41. The standard InChI is InChI=1S/C19H13F2N3O7S/c20-19(21)32-13-7-2-1-5-11(13)22-14(25)9-31-15(26)8-23-17(27)10-4-3-6-12(24(29)30)16(10)18(23)28/h1-7,19H,8-9H2,(H,22,25). The molecule has 166 valence electrons. The number of anilines is 1. The lowest BCUT2D eigenvalue weighted by atomic mass is 10.1. The van der Waals surface area contributed by atoms with Crippen molar-refractivity contribution in [2.75, 3.05) is 18.5 Å². The summed E-state index contributed by atoms with van der Waals surface area (Å²) in [4.78, 5) is 59.7. The number of hydrogen-bond donors (Lipinski definition) is 1. The summed E-state index contributed by atoms with van der Waals surface area (Å²) in [6.07, 6.45) is 0. The van der Waals surface area contributed by atoms with Gasteiger partial charge in [-0.1, -0.05) is 30.0 Å². The van der Waals surface area contributed by atoms with E-state index in [9.17, 15) is 38.1 Å². The Morgan fingerprint density at radius 3 is 2.53 bits per heavy atom. The first-order valence-corrected chi connectivity index (χ1v) is 9.70.